The van der Waals surface area contributed by atoms with Crippen molar-refractivity contribution in [2.75, 3.05) is 11.9 Å². The van der Waals surface area contributed by atoms with Gasteiger partial charge in [0.1, 0.15) is 12.4 Å². The largest absolute Gasteiger partial charge is 0.338 e. The maximum Gasteiger partial charge on any atom is 0.281 e. The second-order valence-corrected chi connectivity index (χ2v) is 7.79. The fraction of sp³-hybridized carbons (Fsp3) is 0.474. The van der Waals surface area contributed by atoms with Crippen LogP contribution in [0.4, 0.5) is 10.3 Å². The van der Waals surface area contributed by atoms with E-state index in [-0.39, 0.29) is 17.1 Å². The number of halogens is 1. The molecule has 2 N–H and O–H groups in total. The highest BCUT2D eigenvalue weighted by molar-refractivity contribution is 5.90. The summed E-state index contributed by atoms with van der Waals surface area (Å²) in [6.45, 7) is 7.18. The standard InChI is InChI=1S/C19H24FN3O2/c1-19(2,3)16-10-18(25-22-16)21-17(24)12-23(15-8-9-15)11-13-4-6-14(20)7-5-13/h4-7,10,15H,8-9,11-12H2,1-3H3,(H,21,24)/p+1. The van der Waals surface area contributed by atoms with E-state index in [1.807, 2.05) is 20.8 Å². The Hall–Kier alpha value is -2.21. The van der Waals surface area contributed by atoms with Crippen LogP contribution in [0.15, 0.2) is 34.9 Å². The van der Waals surface area contributed by atoms with E-state index in [1.165, 1.54) is 17.0 Å². The second-order valence-electron chi connectivity index (χ2n) is 7.79. The molecule has 5 nitrogen and oxygen atoms in total. The van der Waals surface area contributed by atoms with Gasteiger partial charge >= 0.3 is 0 Å². The Balaban J connectivity index is 1.59. The number of nitrogens with one attached hydrogen (secondary N) is 2. The Morgan fingerprint density at radius 1 is 1.32 bits per heavy atom. The van der Waals surface area contributed by atoms with Crippen molar-refractivity contribution >= 4 is 11.8 Å². The van der Waals surface area contributed by atoms with Gasteiger partial charge in [-0.25, -0.2) is 4.39 Å². The van der Waals surface area contributed by atoms with Gasteiger partial charge in [0, 0.05) is 29.9 Å². The summed E-state index contributed by atoms with van der Waals surface area (Å²) in [6, 6.07) is 8.75. The molecule has 1 unspecified atom stereocenters. The second kappa shape index (κ2) is 6.96. The van der Waals surface area contributed by atoms with Crippen molar-refractivity contribution in [1.29, 1.82) is 0 Å². The van der Waals surface area contributed by atoms with E-state index in [9.17, 15) is 9.18 Å². The van der Waals surface area contributed by atoms with Crippen LogP contribution in [0.3, 0.4) is 0 Å². The van der Waals surface area contributed by atoms with Crippen LogP contribution in [0, 0.1) is 5.82 Å². The zero-order valence-corrected chi connectivity index (χ0v) is 14.9. The molecule has 1 heterocycles. The minimum atomic E-state index is -0.241. The predicted molar refractivity (Wildman–Crippen MR) is 92.8 cm³/mol. The highest BCUT2D eigenvalue weighted by Gasteiger charge is 2.34. The van der Waals surface area contributed by atoms with Gasteiger partial charge in [-0.15, -0.1) is 0 Å². The molecule has 0 radical (unpaired) electrons. The van der Waals surface area contributed by atoms with Crippen molar-refractivity contribution in [3.05, 3.63) is 47.4 Å². The lowest BCUT2D eigenvalue weighted by molar-refractivity contribution is -0.916. The number of aromatic nitrogens is 1. The molecule has 25 heavy (non-hydrogen) atoms. The van der Waals surface area contributed by atoms with Crippen LogP contribution in [-0.2, 0) is 16.8 Å². The third-order valence-corrected chi connectivity index (χ3v) is 4.43. The summed E-state index contributed by atoms with van der Waals surface area (Å²) >= 11 is 0. The van der Waals surface area contributed by atoms with Gasteiger partial charge in [-0.3, -0.25) is 10.1 Å². The van der Waals surface area contributed by atoms with Gasteiger partial charge in [0.25, 0.3) is 5.91 Å². The van der Waals surface area contributed by atoms with Crippen molar-refractivity contribution in [3.8, 4) is 0 Å². The van der Waals surface area contributed by atoms with Crippen LogP contribution in [0.25, 0.3) is 0 Å². The number of rotatable bonds is 6. The summed E-state index contributed by atoms with van der Waals surface area (Å²) in [5.41, 5.74) is 1.71. The van der Waals surface area contributed by atoms with Gasteiger partial charge in [-0.05, 0) is 12.1 Å². The Bertz CT molecular complexity index is 730. The quantitative estimate of drug-likeness (QED) is 0.844. The van der Waals surface area contributed by atoms with E-state index in [2.05, 4.69) is 10.5 Å². The van der Waals surface area contributed by atoms with E-state index in [4.69, 9.17) is 4.52 Å². The minimum absolute atomic E-state index is 0.0966. The highest BCUT2D eigenvalue weighted by Crippen LogP contribution is 2.23. The third kappa shape index (κ3) is 4.89. The Morgan fingerprint density at radius 2 is 2.00 bits per heavy atom. The Labute approximate surface area is 147 Å². The molecule has 0 bridgehead atoms. The van der Waals surface area contributed by atoms with Crippen LogP contribution in [0.2, 0.25) is 0 Å². The number of carbonyl (C=O) groups is 1. The molecule has 1 aromatic carbocycles. The van der Waals surface area contributed by atoms with Gasteiger partial charge in [-0.2, -0.15) is 0 Å². The number of hydrogen-bond acceptors (Lipinski definition) is 3. The molecule has 2 aromatic rings. The van der Waals surface area contributed by atoms with Gasteiger partial charge in [0.2, 0.25) is 5.88 Å². The smallest absolute Gasteiger partial charge is 0.281 e. The summed E-state index contributed by atoms with van der Waals surface area (Å²) in [4.78, 5) is 13.6. The minimum Gasteiger partial charge on any atom is -0.338 e. The van der Waals surface area contributed by atoms with Crippen LogP contribution < -0.4 is 10.2 Å². The normalized spacial score (nSPS) is 15.8. The lowest BCUT2D eigenvalue weighted by Gasteiger charge is -2.18. The van der Waals surface area contributed by atoms with Crippen LogP contribution in [-0.4, -0.2) is 23.7 Å². The summed E-state index contributed by atoms with van der Waals surface area (Å²) in [5.74, 6) is 0.0434. The molecule has 0 saturated heterocycles. The van der Waals surface area contributed by atoms with Crippen LogP contribution >= 0.6 is 0 Å². The number of quaternary nitrogens is 1. The summed E-state index contributed by atoms with van der Waals surface area (Å²) in [7, 11) is 0. The zero-order chi connectivity index (χ0) is 18.0. The predicted octanol–water partition coefficient (Wildman–Crippen LogP) is 2.30. The molecule has 6 heteroatoms. The van der Waals surface area contributed by atoms with E-state index in [0.29, 0.717) is 25.0 Å². The van der Waals surface area contributed by atoms with E-state index < -0.39 is 0 Å². The number of hydrogen-bond donors (Lipinski definition) is 2. The lowest BCUT2D eigenvalue weighted by atomic mass is 9.92. The molecule has 1 aromatic heterocycles. The molecule has 134 valence electrons. The first-order chi connectivity index (χ1) is 11.8. The number of carbonyl (C=O) groups excluding carboxylic acids is 1. The number of nitrogens with zero attached hydrogens (tertiary/aromatic N) is 1. The molecule has 0 aliphatic heterocycles. The van der Waals surface area contributed by atoms with E-state index >= 15 is 0 Å². The van der Waals surface area contributed by atoms with Crippen molar-refractivity contribution < 1.29 is 18.6 Å². The average Bonchev–Trinajstić information content (AvgIpc) is 3.27. The molecule has 1 aliphatic rings. The van der Waals surface area contributed by atoms with Crippen molar-refractivity contribution in [2.45, 2.75) is 51.6 Å². The van der Waals surface area contributed by atoms with Crippen LogP contribution in [0.1, 0.15) is 44.9 Å². The monoisotopic (exact) mass is 346 g/mol. The third-order valence-electron chi connectivity index (χ3n) is 4.43. The fourth-order valence-electron chi connectivity index (χ4n) is 2.78. The fourth-order valence-corrected chi connectivity index (χ4v) is 2.78. The molecule has 1 fully saturated rings. The summed E-state index contributed by atoms with van der Waals surface area (Å²) in [5, 5.41) is 6.80. The van der Waals surface area contributed by atoms with Gasteiger partial charge < -0.3 is 9.42 Å². The van der Waals surface area contributed by atoms with Crippen molar-refractivity contribution in [2.24, 2.45) is 0 Å². The first kappa shape index (κ1) is 17.6. The zero-order valence-electron chi connectivity index (χ0n) is 14.9. The maximum absolute atomic E-state index is 13.0. The molecule has 1 aliphatic carbocycles. The summed E-state index contributed by atoms with van der Waals surface area (Å²) < 4.78 is 18.3. The first-order valence-electron chi connectivity index (χ1n) is 8.67. The molecule has 3 rings (SSSR count). The first-order valence-corrected chi connectivity index (χ1v) is 8.67. The maximum atomic E-state index is 13.0. The van der Waals surface area contributed by atoms with E-state index in [1.54, 1.807) is 18.2 Å². The molecular formula is C19H25FN3O2+. The number of amides is 1. The molecule has 0 spiro atoms. The van der Waals surface area contributed by atoms with Gasteiger partial charge in [0.05, 0.1) is 11.7 Å². The molecule has 1 atom stereocenters. The average molecular weight is 346 g/mol. The number of benzene rings is 1. The Kier molecular flexibility index (Phi) is 4.90. The topological polar surface area (TPSA) is 59.6 Å². The molecular weight excluding hydrogens is 321 g/mol. The lowest BCUT2D eigenvalue weighted by Crippen LogP contribution is -3.13. The molecule has 1 amide bonds. The van der Waals surface area contributed by atoms with Crippen molar-refractivity contribution in [1.82, 2.24) is 5.16 Å². The van der Waals surface area contributed by atoms with Crippen molar-refractivity contribution in [3.63, 3.8) is 0 Å². The number of anilines is 1. The van der Waals surface area contributed by atoms with E-state index in [0.717, 1.165) is 24.1 Å². The SMILES string of the molecule is CC(C)(C)c1cc(NC(=O)C[NH+](Cc2ccc(F)cc2)C2CC2)on1. The Morgan fingerprint density at radius 3 is 2.56 bits per heavy atom. The highest BCUT2D eigenvalue weighted by atomic mass is 19.1. The van der Waals surface area contributed by atoms with Crippen LogP contribution in [0.5, 0.6) is 0 Å². The van der Waals surface area contributed by atoms with Gasteiger partial charge in [0.15, 0.2) is 6.54 Å². The molecule has 1 saturated carbocycles. The van der Waals surface area contributed by atoms with Gasteiger partial charge in [-0.1, -0.05) is 38.1 Å². The summed E-state index contributed by atoms with van der Waals surface area (Å²) in [6.07, 6.45) is 2.25.